The first-order valence-corrected chi connectivity index (χ1v) is 16.2. The smallest absolute Gasteiger partial charge is 0.307 e. The second-order valence-corrected chi connectivity index (χ2v) is 13.1. The number of aryl methyl sites for hydroxylation is 4. The van der Waals surface area contributed by atoms with Crippen LogP contribution in [0.3, 0.4) is 0 Å². The van der Waals surface area contributed by atoms with Crippen LogP contribution in [0.1, 0.15) is 33.4 Å². The molecular weight excluding hydrogens is 629 g/mol. The molecule has 0 aliphatic heterocycles. The molecule has 0 N–H and O–H groups in total. The van der Waals surface area contributed by atoms with Crippen LogP contribution in [0.4, 0.5) is 18.9 Å². The van der Waals surface area contributed by atoms with Gasteiger partial charge in [0.2, 0.25) is 0 Å². The summed E-state index contributed by atoms with van der Waals surface area (Å²) in [5.41, 5.74) is 8.94. The van der Waals surface area contributed by atoms with Crippen LogP contribution in [0.25, 0.3) is 71.0 Å². The molecule has 7 heteroatoms. The minimum absolute atomic E-state index is 0.129. The maximum atomic E-state index is 14.1. The normalized spacial score (nSPS) is 11.9. The van der Waals surface area contributed by atoms with Gasteiger partial charge < -0.3 is 9.13 Å². The highest BCUT2D eigenvalue weighted by Gasteiger charge is 2.31. The van der Waals surface area contributed by atoms with Crippen molar-refractivity contribution in [3.8, 4) is 28.6 Å². The van der Waals surface area contributed by atoms with Crippen molar-refractivity contribution in [1.29, 1.82) is 5.26 Å². The van der Waals surface area contributed by atoms with E-state index >= 15 is 0 Å². The minimum atomic E-state index is -4.66. The summed E-state index contributed by atoms with van der Waals surface area (Å²) in [4.78, 5) is 3.37. The summed E-state index contributed by atoms with van der Waals surface area (Å²) < 4.78 is 46.6. The van der Waals surface area contributed by atoms with Crippen molar-refractivity contribution in [2.24, 2.45) is 0 Å². The van der Waals surface area contributed by atoms with E-state index in [-0.39, 0.29) is 16.8 Å². The number of alkyl halides is 3. The van der Waals surface area contributed by atoms with E-state index in [4.69, 9.17) is 6.57 Å². The SMILES string of the molecule is [C-]#[N+]c1cc(-c2cc(C#N)c(-n3c4cc(C)ccc4c4ccc(C)cc43)c(-n3c4cc(C)ccc4c4ccc(C)cc43)c2)cc(C(F)(F)F)c1. The van der Waals surface area contributed by atoms with Gasteiger partial charge >= 0.3 is 6.18 Å². The van der Waals surface area contributed by atoms with Gasteiger partial charge in [0.05, 0.1) is 45.6 Å². The molecule has 0 atom stereocenters. The summed E-state index contributed by atoms with van der Waals surface area (Å²) in [6.07, 6.45) is -4.66. The van der Waals surface area contributed by atoms with Crippen LogP contribution < -0.4 is 0 Å². The zero-order valence-electron chi connectivity index (χ0n) is 27.7. The average Bonchev–Trinajstić information content (AvgIpc) is 3.57. The molecule has 0 spiro atoms. The zero-order valence-corrected chi connectivity index (χ0v) is 27.7. The monoisotopic (exact) mass is 658 g/mol. The fraction of sp³-hybridized carbons (Fsp3) is 0.116. The third-order valence-corrected chi connectivity index (χ3v) is 9.54. The van der Waals surface area contributed by atoms with Crippen LogP contribution in [0.2, 0.25) is 0 Å². The van der Waals surface area contributed by atoms with Crippen LogP contribution >= 0.6 is 0 Å². The van der Waals surface area contributed by atoms with Gasteiger partial charge in [-0.05, 0) is 116 Å². The van der Waals surface area contributed by atoms with Crippen LogP contribution in [-0.2, 0) is 6.18 Å². The van der Waals surface area contributed by atoms with Crippen molar-refractivity contribution in [2.45, 2.75) is 33.9 Å². The van der Waals surface area contributed by atoms with E-state index in [1.54, 1.807) is 6.07 Å². The molecule has 6 aromatic carbocycles. The van der Waals surface area contributed by atoms with Crippen molar-refractivity contribution >= 4 is 49.3 Å². The third-order valence-electron chi connectivity index (χ3n) is 9.54. The molecule has 0 bridgehead atoms. The maximum absolute atomic E-state index is 14.1. The molecule has 2 heterocycles. The van der Waals surface area contributed by atoms with E-state index in [1.165, 1.54) is 6.07 Å². The molecule has 0 saturated heterocycles. The van der Waals surface area contributed by atoms with Crippen LogP contribution in [0.5, 0.6) is 0 Å². The quantitative estimate of drug-likeness (QED) is 0.174. The molecule has 0 aliphatic carbocycles. The maximum Gasteiger partial charge on any atom is 0.415 e. The van der Waals surface area contributed by atoms with Crippen LogP contribution in [0.15, 0.2) is 103 Å². The van der Waals surface area contributed by atoms with E-state index in [0.29, 0.717) is 16.9 Å². The molecule has 0 radical (unpaired) electrons. The Balaban J connectivity index is 1.61. The fourth-order valence-corrected chi connectivity index (χ4v) is 7.26. The summed E-state index contributed by atoms with van der Waals surface area (Å²) in [5, 5.41) is 15.0. The van der Waals surface area contributed by atoms with Crippen molar-refractivity contribution in [1.82, 2.24) is 9.13 Å². The summed E-state index contributed by atoms with van der Waals surface area (Å²) in [5.74, 6) is 0. The Labute approximate surface area is 286 Å². The molecule has 0 amide bonds. The molecule has 8 aromatic rings. The van der Waals surface area contributed by atoms with Crippen molar-refractivity contribution < 1.29 is 13.2 Å². The Morgan fingerprint density at radius 2 is 1.02 bits per heavy atom. The number of nitrogens with zero attached hydrogens (tertiary/aromatic N) is 4. The molecule has 8 rings (SSSR count). The molecule has 4 nitrogen and oxygen atoms in total. The zero-order chi connectivity index (χ0) is 35.1. The highest BCUT2D eigenvalue weighted by Crippen LogP contribution is 2.43. The van der Waals surface area contributed by atoms with Gasteiger partial charge in [0.25, 0.3) is 0 Å². The van der Waals surface area contributed by atoms with Crippen LogP contribution in [-0.4, -0.2) is 9.13 Å². The van der Waals surface area contributed by atoms with Gasteiger partial charge in [-0.1, -0.05) is 48.5 Å². The van der Waals surface area contributed by atoms with Gasteiger partial charge in [0, 0.05) is 27.1 Å². The van der Waals surface area contributed by atoms with E-state index in [9.17, 15) is 18.4 Å². The van der Waals surface area contributed by atoms with E-state index in [0.717, 1.165) is 78.0 Å². The minimum Gasteiger partial charge on any atom is -0.307 e. The highest BCUT2D eigenvalue weighted by molar-refractivity contribution is 6.12. The second kappa shape index (κ2) is 11.1. The van der Waals surface area contributed by atoms with Gasteiger partial charge in [0.1, 0.15) is 6.07 Å². The Kier molecular flexibility index (Phi) is 6.89. The lowest BCUT2D eigenvalue weighted by Gasteiger charge is -2.21. The van der Waals surface area contributed by atoms with Crippen molar-refractivity contribution in [3.05, 3.63) is 148 Å². The summed E-state index contributed by atoms with van der Waals surface area (Å²) in [7, 11) is 0. The van der Waals surface area contributed by atoms with Crippen LogP contribution in [0, 0.1) is 45.6 Å². The number of fused-ring (bicyclic) bond motifs is 6. The third kappa shape index (κ3) is 4.82. The highest BCUT2D eigenvalue weighted by atomic mass is 19.4. The molecule has 0 fully saturated rings. The average molecular weight is 659 g/mol. The fourth-order valence-electron chi connectivity index (χ4n) is 7.26. The number of rotatable bonds is 3. The van der Waals surface area contributed by atoms with E-state index < -0.39 is 11.7 Å². The lowest BCUT2D eigenvalue weighted by Crippen LogP contribution is -2.08. The largest absolute Gasteiger partial charge is 0.415 e. The van der Waals surface area contributed by atoms with Gasteiger partial charge in [-0.2, -0.15) is 18.4 Å². The standard InChI is InChI=1S/C43H29F3N4/c1-24-6-10-33-34-11-7-25(2)15-38(34)49(37(33)14-24)41-21-28(29-19-31(43(44,45)46)22-32(20-29)48-5)18-30(23-47)42(41)50-39-16-26(3)8-12-35(39)36-13-9-27(4)17-40(36)50/h6-22H,1-4H3. The Hall–Kier alpha value is -6.31. The lowest BCUT2D eigenvalue weighted by atomic mass is 9.97. The molecule has 0 aliphatic rings. The van der Waals surface area contributed by atoms with Gasteiger partial charge in [-0.3, -0.25) is 0 Å². The number of hydrogen-bond donors (Lipinski definition) is 0. The Morgan fingerprint density at radius 3 is 1.44 bits per heavy atom. The van der Waals surface area contributed by atoms with Crippen molar-refractivity contribution in [3.63, 3.8) is 0 Å². The van der Waals surface area contributed by atoms with E-state index in [1.807, 2.05) is 33.8 Å². The summed E-state index contributed by atoms with van der Waals surface area (Å²) >= 11 is 0. The lowest BCUT2D eigenvalue weighted by molar-refractivity contribution is -0.137. The molecule has 0 unspecified atom stereocenters. The number of aromatic nitrogens is 2. The molecular formula is C43H29F3N4. The summed E-state index contributed by atoms with van der Waals surface area (Å²) in [6.45, 7) is 15.7. The number of benzene rings is 6. The van der Waals surface area contributed by atoms with Gasteiger partial charge in [-0.25, -0.2) is 4.85 Å². The van der Waals surface area contributed by atoms with Gasteiger partial charge in [-0.15, -0.1) is 0 Å². The number of halogens is 3. The van der Waals surface area contributed by atoms with Gasteiger partial charge in [0.15, 0.2) is 5.69 Å². The first kappa shape index (κ1) is 31.0. The molecule has 242 valence electrons. The van der Waals surface area contributed by atoms with Crippen molar-refractivity contribution in [2.75, 3.05) is 0 Å². The Morgan fingerprint density at radius 1 is 0.580 bits per heavy atom. The first-order valence-electron chi connectivity index (χ1n) is 16.2. The number of hydrogen-bond acceptors (Lipinski definition) is 1. The predicted molar refractivity (Wildman–Crippen MR) is 195 cm³/mol. The summed E-state index contributed by atoms with van der Waals surface area (Å²) in [6, 6.07) is 34.4. The molecule has 2 aromatic heterocycles. The molecule has 0 saturated carbocycles. The first-order chi connectivity index (χ1) is 23.9. The predicted octanol–water partition coefficient (Wildman–Crippen LogP) is 12.2. The Bertz CT molecular complexity index is 2700. The topological polar surface area (TPSA) is 38.0 Å². The molecule has 50 heavy (non-hydrogen) atoms. The number of nitriles is 1. The second-order valence-electron chi connectivity index (χ2n) is 13.1. The van der Waals surface area contributed by atoms with E-state index in [2.05, 4.69) is 92.8 Å².